The molecule has 0 heterocycles. The van der Waals surface area contributed by atoms with Crippen molar-refractivity contribution in [3.63, 3.8) is 0 Å². The van der Waals surface area contributed by atoms with Crippen LogP contribution in [-0.2, 0) is 12.8 Å². The van der Waals surface area contributed by atoms with Crippen LogP contribution < -0.4 is 10.1 Å². The highest BCUT2D eigenvalue weighted by Gasteiger charge is 2.26. The van der Waals surface area contributed by atoms with Gasteiger partial charge in [0.05, 0.1) is 18.1 Å². The molecular weight excluding hydrogens is 500 g/mol. The van der Waals surface area contributed by atoms with Gasteiger partial charge in [-0.25, -0.2) is 0 Å². The van der Waals surface area contributed by atoms with Crippen molar-refractivity contribution in [3.8, 4) is 0 Å². The molecule has 0 spiro atoms. The number of hydrogen-bond donors (Lipinski definition) is 4. The number of allylic oxidation sites excluding steroid dienone is 2. The first kappa shape index (κ1) is 19.7. The lowest BCUT2D eigenvalue weighted by Crippen LogP contribution is -2.23. The molecule has 5 N–H and O–H groups in total. The van der Waals surface area contributed by atoms with E-state index in [4.69, 9.17) is 15.9 Å². The molecule has 0 radical (unpaired) electrons. The van der Waals surface area contributed by atoms with E-state index in [1.54, 1.807) is 0 Å². The van der Waals surface area contributed by atoms with Crippen molar-refractivity contribution >= 4 is 59.8 Å². The van der Waals surface area contributed by atoms with Crippen molar-refractivity contribution in [3.05, 3.63) is 55.9 Å². The van der Waals surface area contributed by atoms with Crippen LogP contribution >= 0.6 is 48.0 Å². The summed E-state index contributed by atoms with van der Waals surface area (Å²) in [6, 6.07) is 0. The van der Waals surface area contributed by atoms with Gasteiger partial charge in [0.15, 0.2) is 0 Å². The highest BCUT2D eigenvalue weighted by atomic mass is 79.9. The first-order valence-corrected chi connectivity index (χ1v) is 8.60. The Labute approximate surface area is 158 Å². The lowest BCUT2D eigenvalue weighted by Gasteiger charge is -2.19. The number of carbonyl (C=O) groups is 2. The van der Waals surface area contributed by atoms with Crippen LogP contribution in [0.25, 0.3) is 0 Å². The highest BCUT2D eigenvalue weighted by Crippen LogP contribution is 2.37. The molecule has 0 saturated carbocycles. The SMILES string of the molecule is NC(=O)c1c(CC=CO)c(Br)c(Br)c(C(=O)NBr)c1CC=CO. The van der Waals surface area contributed by atoms with E-state index in [0.717, 1.165) is 12.5 Å². The molecule has 124 valence electrons. The number of rotatable bonds is 6. The fraction of sp³-hybridized carbons (Fsp3) is 0.143. The molecule has 0 unspecified atom stereocenters. The summed E-state index contributed by atoms with van der Waals surface area (Å²) in [4.78, 5) is 24.1. The molecule has 0 saturated heterocycles. The Balaban J connectivity index is 3.85. The first-order chi connectivity index (χ1) is 10.9. The summed E-state index contributed by atoms with van der Waals surface area (Å²) in [5.41, 5.74) is 6.73. The average molecular weight is 513 g/mol. The monoisotopic (exact) mass is 510 g/mol. The summed E-state index contributed by atoms with van der Waals surface area (Å²) in [5.74, 6) is -1.20. The first-order valence-electron chi connectivity index (χ1n) is 6.22. The molecule has 1 aromatic carbocycles. The molecule has 1 aromatic rings. The van der Waals surface area contributed by atoms with Crippen LogP contribution in [0.5, 0.6) is 0 Å². The van der Waals surface area contributed by atoms with Crippen LogP contribution in [0, 0.1) is 0 Å². The van der Waals surface area contributed by atoms with Gasteiger partial charge in [-0.2, -0.15) is 0 Å². The lowest BCUT2D eigenvalue weighted by atomic mass is 9.91. The third kappa shape index (κ3) is 4.36. The van der Waals surface area contributed by atoms with E-state index >= 15 is 0 Å². The average Bonchev–Trinajstić information content (AvgIpc) is 2.53. The third-order valence-corrected chi connectivity index (χ3v) is 5.56. The molecule has 2 amide bonds. The van der Waals surface area contributed by atoms with Crippen LogP contribution in [0.4, 0.5) is 0 Å². The van der Waals surface area contributed by atoms with Gasteiger partial charge in [-0.05, 0) is 68.0 Å². The minimum atomic E-state index is -0.718. The molecule has 9 heteroatoms. The molecule has 1 rings (SSSR count). The van der Waals surface area contributed by atoms with E-state index in [0.29, 0.717) is 20.1 Å². The fourth-order valence-electron chi connectivity index (χ4n) is 2.11. The smallest absolute Gasteiger partial charge is 0.262 e. The summed E-state index contributed by atoms with van der Waals surface area (Å²) in [6.07, 6.45) is 4.85. The Kier molecular flexibility index (Phi) is 7.80. The number of halogens is 3. The Morgan fingerprint density at radius 3 is 1.96 bits per heavy atom. The minimum Gasteiger partial charge on any atom is -0.516 e. The number of nitrogens with two attached hydrogens (primary N) is 1. The molecule has 0 fully saturated rings. The van der Waals surface area contributed by atoms with Crippen LogP contribution in [0.3, 0.4) is 0 Å². The van der Waals surface area contributed by atoms with Gasteiger partial charge in [-0.15, -0.1) is 0 Å². The number of benzene rings is 1. The maximum Gasteiger partial charge on any atom is 0.262 e. The topological polar surface area (TPSA) is 113 Å². The lowest BCUT2D eigenvalue weighted by molar-refractivity contribution is 0.0985. The van der Waals surface area contributed by atoms with E-state index in [1.165, 1.54) is 12.2 Å². The zero-order valence-corrected chi connectivity index (χ0v) is 16.4. The molecule has 0 atom stereocenters. The molecule has 6 nitrogen and oxygen atoms in total. The predicted octanol–water partition coefficient (Wildman–Crippen LogP) is 3.58. The van der Waals surface area contributed by atoms with Gasteiger partial charge in [0.25, 0.3) is 5.91 Å². The summed E-state index contributed by atoms with van der Waals surface area (Å²) in [5, 5.41) is 17.8. The molecule has 23 heavy (non-hydrogen) atoms. The number of primary amides is 1. The molecule has 0 bridgehead atoms. The van der Waals surface area contributed by atoms with Crippen molar-refractivity contribution in [1.82, 2.24) is 4.34 Å². The zero-order chi connectivity index (χ0) is 17.6. The number of aliphatic hydroxyl groups excluding tert-OH is 2. The zero-order valence-electron chi connectivity index (χ0n) is 11.6. The number of carbonyl (C=O) groups excluding carboxylic acids is 2. The van der Waals surface area contributed by atoms with Gasteiger partial charge in [-0.3, -0.25) is 13.9 Å². The van der Waals surface area contributed by atoms with Gasteiger partial charge in [0.1, 0.15) is 0 Å². The third-order valence-electron chi connectivity index (χ3n) is 3.00. The van der Waals surface area contributed by atoms with Crippen molar-refractivity contribution in [2.45, 2.75) is 12.8 Å². The van der Waals surface area contributed by atoms with Gasteiger partial charge < -0.3 is 15.9 Å². The summed E-state index contributed by atoms with van der Waals surface area (Å²) in [7, 11) is 0. The Morgan fingerprint density at radius 2 is 1.52 bits per heavy atom. The van der Waals surface area contributed by atoms with Gasteiger partial charge in [0, 0.05) is 30.7 Å². The Bertz CT molecular complexity index is 687. The van der Waals surface area contributed by atoms with Crippen molar-refractivity contribution < 1.29 is 19.8 Å². The maximum atomic E-state index is 12.2. The molecule has 0 aliphatic carbocycles. The van der Waals surface area contributed by atoms with E-state index in [9.17, 15) is 9.59 Å². The van der Waals surface area contributed by atoms with Crippen LogP contribution in [0.2, 0.25) is 0 Å². The predicted molar refractivity (Wildman–Crippen MR) is 97.7 cm³/mol. The quantitative estimate of drug-likeness (QED) is 0.345. The number of nitrogens with one attached hydrogen (secondary N) is 1. The van der Waals surface area contributed by atoms with Gasteiger partial charge in [0.2, 0.25) is 5.91 Å². The fourth-order valence-corrected chi connectivity index (χ4v) is 3.53. The maximum absolute atomic E-state index is 12.2. The van der Waals surface area contributed by atoms with E-state index < -0.39 is 11.8 Å². The minimum absolute atomic E-state index is 0.117. The summed E-state index contributed by atoms with van der Waals surface area (Å²) < 4.78 is 3.24. The second-order valence-electron chi connectivity index (χ2n) is 4.30. The van der Waals surface area contributed by atoms with Crippen LogP contribution in [0.1, 0.15) is 31.8 Å². The standard InChI is InChI=1S/C14H13Br3N2O4/c15-11-8(4-2-6-21)9(13(18)22)7(3-1-5-20)10(12(11)16)14(23)19-17/h1-2,5-6,20-21H,3-4H2,(H2,18,22)(H,19,23). The van der Waals surface area contributed by atoms with Crippen molar-refractivity contribution in [2.24, 2.45) is 5.73 Å². The Hall–Kier alpha value is -1.32. The van der Waals surface area contributed by atoms with E-state index in [2.05, 4.69) is 52.3 Å². The van der Waals surface area contributed by atoms with Crippen molar-refractivity contribution in [1.29, 1.82) is 0 Å². The highest BCUT2D eigenvalue weighted by molar-refractivity contribution is 9.13. The summed E-state index contributed by atoms with van der Waals surface area (Å²) in [6.45, 7) is 0. The number of aliphatic hydroxyl groups is 2. The van der Waals surface area contributed by atoms with E-state index in [-0.39, 0.29) is 24.0 Å². The summed E-state index contributed by atoms with van der Waals surface area (Å²) >= 11 is 9.56. The molecule has 0 aromatic heterocycles. The van der Waals surface area contributed by atoms with Crippen LogP contribution in [-0.4, -0.2) is 22.0 Å². The molecule has 0 aliphatic rings. The van der Waals surface area contributed by atoms with Crippen molar-refractivity contribution in [2.75, 3.05) is 0 Å². The number of hydrogen-bond acceptors (Lipinski definition) is 4. The normalized spacial score (nSPS) is 11.3. The van der Waals surface area contributed by atoms with Crippen LogP contribution in [0.15, 0.2) is 33.6 Å². The van der Waals surface area contributed by atoms with Gasteiger partial charge in [-0.1, -0.05) is 0 Å². The second kappa shape index (κ2) is 9.09. The van der Waals surface area contributed by atoms with Gasteiger partial charge >= 0.3 is 0 Å². The Morgan fingerprint density at radius 1 is 1.00 bits per heavy atom. The second-order valence-corrected chi connectivity index (χ2v) is 6.28. The molecule has 0 aliphatic heterocycles. The number of amides is 2. The van der Waals surface area contributed by atoms with E-state index in [1.807, 2.05) is 0 Å². The largest absolute Gasteiger partial charge is 0.516 e. The molecular formula is C14H13Br3N2O4.